The maximum absolute atomic E-state index is 11.9. The molecule has 0 fully saturated rings. The van der Waals surface area contributed by atoms with Crippen LogP contribution in [0.2, 0.25) is 0 Å². The summed E-state index contributed by atoms with van der Waals surface area (Å²) in [6.45, 7) is 7.43. The average Bonchev–Trinajstić information content (AvgIpc) is 2.66. The molecule has 0 bridgehead atoms. The second kappa shape index (κ2) is 18.3. The number of hydrogen-bond donors (Lipinski definition) is 1. The Labute approximate surface area is 184 Å². The van der Waals surface area contributed by atoms with Crippen LogP contribution in [0.15, 0.2) is 0 Å². The molecule has 0 aliphatic heterocycles. The lowest BCUT2D eigenvalue weighted by molar-refractivity contribution is -0.128. The van der Waals surface area contributed by atoms with Gasteiger partial charge < -0.3 is 14.9 Å². The number of ketones is 3. The van der Waals surface area contributed by atoms with Gasteiger partial charge in [0, 0.05) is 37.6 Å². The molecule has 2 atom stereocenters. The van der Waals surface area contributed by atoms with E-state index in [0.717, 1.165) is 25.7 Å². The largest absolute Gasteiger partial charge is 0.356 e. The Bertz CT molecular complexity index is 469. The monoisotopic (exact) mass is 423 g/mol. The van der Waals surface area contributed by atoms with Gasteiger partial charge in [-0.2, -0.15) is 0 Å². The molecular weight excluding hydrogens is 378 g/mol. The minimum atomic E-state index is -0.224. The van der Waals surface area contributed by atoms with Crippen molar-refractivity contribution in [3.8, 4) is 0 Å². The van der Waals surface area contributed by atoms with Crippen LogP contribution in [0, 0.1) is 11.8 Å². The van der Waals surface area contributed by atoms with E-state index in [-0.39, 0.29) is 35.1 Å². The van der Waals surface area contributed by atoms with Crippen molar-refractivity contribution in [2.75, 3.05) is 6.54 Å². The highest BCUT2D eigenvalue weighted by Gasteiger charge is 2.14. The van der Waals surface area contributed by atoms with Gasteiger partial charge in [-0.25, -0.2) is 0 Å². The first kappa shape index (κ1) is 28.5. The number of nitrogens with one attached hydrogen (secondary N) is 1. The zero-order valence-electron chi connectivity index (χ0n) is 19.9. The van der Waals surface area contributed by atoms with Gasteiger partial charge in [0.25, 0.3) is 0 Å². The predicted molar refractivity (Wildman–Crippen MR) is 122 cm³/mol. The third-order valence-corrected chi connectivity index (χ3v) is 5.58. The third-order valence-electron chi connectivity index (χ3n) is 5.58. The second-order valence-corrected chi connectivity index (χ2v) is 9.01. The number of amides is 1. The summed E-state index contributed by atoms with van der Waals surface area (Å²) in [5, 5.41) is 2.92. The Morgan fingerprint density at radius 1 is 0.600 bits per heavy atom. The summed E-state index contributed by atoms with van der Waals surface area (Å²) in [7, 11) is 0. The average molecular weight is 424 g/mol. The number of carbonyl (C=O) groups is 4. The molecular formula is C25H45NO4. The highest BCUT2D eigenvalue weighted by Crippen LogP contribution is 2.14. The van der Waals surface area contributed by atoms with Gasteiger partial charge in [-0.15, -0.1) is 0 Å². The first-order valence-corrected chi connectivity index (χ1v) is 12.0. The Morgan fingerprint density at radius 3 is 1.47 bits per heavy atom. The van der Waals surface area contributed by atoms with Crippen LogP contribution >= 0.6 is 0 Å². The highest BCUT2D eigenvalue weighted by molar-refractivity contribution is 5.86. The lowest BCUT2D eigenvalue weighted by Gasteiger charge is -2.10. The van der Waals surface area contributed by atoms with Crippen LogP contribution in [-0.2, 0) is 19.2 Å². The van der Waals surface area contributed by atoms with Gasteiger partial charge in [0.1, 0.15) is 17.3 Å². The third kappa shape index (κ3) is 17.3. The van der Waals surface area contributed by atoms with Crippen molar-refractivity contribution in [1.82, 2.24) is 5.32 Å². The predicted octanol–water partition coefficient (Wildman–Crippen LogP) is 5.58. The molecule has 174 valence electrons. The number of unbranched alkanes of at least 4 members (excludes halogenated alkanes) is 10. The lowest BCUT2D eigenvalue weighted by atomic mass is 9.96. The van der Waals surface area contributed by atoms with Crippen LogP contribution in [0.5, 0.6) is 0 Å². The Hall–Kier alpha value is -1.52. The van der Waals surface area contributed by atoms with E-state index in [1.54, 1.807) is 13.8 Å². The van der Waals surface area contributed by atoms with E-state index < -0.39 is 0 Å². The number of Topliss-reactive ketones (excluding diaryl/α,β-unsaturated/α-hetero) is 3. The molecule has 0 aromatic heterocycles. The molecule has 0 aliphatic rings. The van der Waals surface area contributed by atoms with Crippen molar-refractivity contribution in [3.05, 3.63) is 0 Å². The number of hydrogen-bond acceptors (Lipinski definition) is 4. The van der Waals surface area contributed by atoms with Crippen molar-refractivity contribution in [3.63, 3.8) is 0 Å². The van der Waals surface area contributed by atoms with Crippen molar-refractivity contribution < 1.29 is 19.2 Å². The summed E-state index contributed by atoms with van der Waals surface area (Å²) in [5.74, 6) is 0.0322. The molecule has 5 heteroatoms. The summed E-state index contributed by atoms with van der Waals surface area (Å²) < 4.78 is 0. The molecule has 0 aromatic carbocycles. The Kier molecular flexibility index (Phi) is 17.3. The molecule has 0 rings (SSSR count). The van der Waals surface area contributed by atoms with Gasteiger partial charge >= 0.3 is 0 Å². The minimum absolute atomic E-state index is 0.0138. The topological polar surface area (TPSA) is 80.3 Å². The summed E-state index contributed by atoms with van der Waals surface area (Å²) >= 11 is 0. The normalized spacial score (nSPS) is 12.9. The van der Waals surface area contributed by atoms with E-state index in [2.05, 4.69) is 5.32 Å². The van der Waals surface area contributed by atoms with Gasteiger partial charge in [0.05, 0.1) is 0 Å². The molecule has 0 aromatic rings. The van der Waals surface area contributed by atoms with Crippen LogP contribution in [0.3, 0.4) is 0 Å². The first-order valence-electron chi connectivity index (χ1n) is 12.0. The molecule has 0 unspecified atom stereocenters. The molecule has 0 radical (unpaired) electrons. The van der Waals surface area contributed by atoms with E-state index in [1.807, 2.05) is 6.92 Å². The fraction of sp³-hybridized carbons (Fsp3) is 0.840. The van der Waals surface area contributed by atoms with Gasteiger partial charge in [0.2, 0.25) is 5.91 Å². The van der Waals surface area contributed by atoms with Crippen LogP contribution in [-0.4, -0.2) is 29.8 Å². The van der Waals surface area contributed by atoms with Crippen molar-refractivity contribution >= 4 is 23.3 Å². The molecule has 30 heavy (non-hydrogen) atoms. The van der Waals surface area contributed by atoms with Gasteiger partial charge in [-0.1, -0.05) is 71.6 Å². The summed E-state index contributed by atoms with van der Waals surface area (Å²) in [5.41, 5.74) is 0. The maximum Gasteiger partial charge on any atom is 0.223 e. The maximum atomic E-state index is 11.9. The van der Waals surface area contributed by atoms with E-state index in [0.29, 0.717) is 25.8 Å². The zero-order chi connectivity index (χ0) is 22.8. The fourth-order valence-corrected chi connectivity index (χ4v) is 3.72. The minimum Gasteiger partial charge on any atom is -0.356 e. The molecule has 0 saturated carbocycles. The SMILES string of the molecule is CC(=O)C[C@H](C)C(=O)CCCCCCCCCCCCCNC(=O)[C@@H](C)CC(C)=O. The molecule has 0 spiro atoms. The fourth-order valence-electron chi connectivity index (χ4n) is 3.72. The molecule has 1 N–H and O–H groups in total. The molecule has 0 saturated heterocycles. The summed E-state index contributed by atoms with van der Waals surface area (Å²) in [6.07, 6.45) is 14.2. The van der Waals surface area contributed by atoms with Crippen molar-refractivity contribution in [2.45, 2.75) is 118 Å². The van der Waals surface area contributed by atoms with E-state index >= 15 is 0 Å². The van der Waals surface area contributed by atoms with Gasteiger partial charge in [-0.3, -0.25) is 9.59 Å². The Balaban J connectivity index is 3.37. The standard InChI is InChI=1S/C25H45NO4/c1-20(18-22(3)27)24(29)16-14-12-10-8-6-5-7-9-11-13-15-17-26-25(30)21(2)19-23(4)28/h20-21H,5-19H2,1-4H3,(H,26,30)/t20-,21-/m0/s1. The highest BCUT2D eigenvalue weighted by atomic mass is 16.2. The Morgan fingerprint density at radius 2 is 1.00 bits per heavy atom. The van der Waals surface area contributed by atoms with Crippen molar-refractivity contribution in [1.29, 1.82) is 0 Å². The molecule has 1 amide bonds. The summed E-state index contributed by atoms with van der Waals surface area (Å²) in [6, 6.07) is 0. The molecule has 0 aliphatic carbocycles. The van der Waals surface area contributed by atoms with Crippen LogP contribution < -0.4 is 5.32 Å². The quantitative estimate of drug-likeness (QED) is 0.259. The van der Waals surface area contributed by atoms with Gasteiger partial charge in [0.15, 0.2) is 0 Å². The van der Waals surface area contributed by atoms with E-state index in [4.69, 9.17) is 0 Å². The van der Waals surface area contributed by atoms with Crippen LogP contribution in [0.1, 0.15) is 118 Å². The zero-order valence-corrected chi connectivity index (χ0v) is 19.9. The first-order chi connectivity index (χ1) is 14.2. The summed E-state index contributed by atoms with van der Waals surface area (Å²) in [4.78, 5) is 45.8. The van der Waals surface area contributed by atoms with Crippen LogP contribution in [0.4, 0.5) is 0 Å². The van der Waals surface area contributed by atoms with E-state index in [1.165, 1.54) is 51.9 Å². The number of rotatable bonds is 20. The van der Waals surface area contributed by atoms with Gasteiger partial charge in [-0.05, 0) is 26.7 Å². The molecule has 5 nitrogen and oxygen atoms in total. The van der Waals surface area contributed by atoms with Crippen LogP contribution in [0.25, 0.3) is 0 Å². The van der Waals surface area contributed by atoms with E-state index in [9.17, 15) is 19.2 Å². The molecule has 0 heterocycles. The lowest BCUT2D eigenvalue weighted by Crippen LogP contribution is -2.30. The second-order valence-electron chi connectivity index (χ2n) is 9.01. The number of carbonyl (C=O) groups excluding carboxylic acids is 4. The smallest absolute Gasteiger partial charge is 0.223 e. The van der Waals surface area contributed by atoms with Crippen molar-refractivity contribution in [2.24, 2.45) is 11.8 Å².